The van der Waals surface area contributed by atoms with Crippen LogP contribution < -0.4 is 21.7 Å². The Hall–Kier alpha value is -4.99. The lowest BCUT2D eigenvalue weighted by molar-refractivity contribution is -0.134. The fraction of sp³-hybridized carbons (Fsp3) is 0.281. The number of hydrogen-bond acceptors (Lipinski definition) is 5. The van der Waals surface area contributed by atoms with Crippen molar-refractivity contribution in [3.05, 3.63) is 107 Å². The van der Waals surface area contributed by atoms with E-state index in [-0.39, 0.29) is 37.7 Å². The normalized spacial score (nSPS) is 16.5. The first-order chi connectivity index (χ1) is 20.2. The highest BCUT2D eigenvalue weighted by atomic mass is 16.2. The number of amides is 5. The van der Waals surface area contributed by atoms with Crippen molar-refractivity contribution in [1.82, 2.24) is 20.9 Å². The smallest absolute Gasteiger partial charge is 0.251 e. The summed E-state index contributed by atoms with van der Waals surface area (Å²) in [5, 5.41) is 8.15. The molecule has 1 heterocycles. The van der Waals surface area contributed by atoms with Crippen LogP contribution in [0.2, 0.25) is 0 Å². The molecule has 218 valence electrons. The molecule has 10 heteroatoms. The Bertz CT molecular complexity index is 1410. The molecule has 0 bridgehead atoms. The van der Waals surface area contributed by atoms with E-state index in [0.29, 0.717) is 12.0 Å². The summed E-state index contributed by atoms with van der Waals surface area (Å²) in [5.41, 5.74) is 8.20. The molecule has 0 radical (unpaired) electrons. The van der Waals surface area contributed by atoms with E-state index in [1.54, 1.807) is 29.2 Å². The summed E-state index contributed by atoms with van der Waals surface area (Å²) in [6.07, 6.45) is 0.823. The van der Waals surface area contributed by atoms with E-state index in [4.69, 9.17) is 5.73 Å². The van der Waals surface area contributed by atoms with Crippen molar-refractivity contribution in [1.29, 1.82) is 0 Å². The molecule has 1 fully saturated rings. The van der Waals surface area contributed by atoms with Crippen molar-refractivity contribution < 1.29 is 24.0 Å². The quantitative estimate of drug-likeness (QED) is 0.276. The zero-order chi connectivity index (χ0) is 30.1. The van der Waals surface area contributed by atoms with E-state index in [9.17, 15) is 24.0 Å². The molecule has 1 aliphatic heterocycles. The van der Waals surface area contributed by atoms with Crippen LogP contribution in [0.25, 0.3) is 0 Å². The van der Waals surface area contributed by atoms with Crippen molar-refractivity contribution >= 4 is 29.5 Å². The largest absolute Gasteiger partial charge is 0.368 e. The standard InChI is InChI=1S/C32H35N5O5/c1-21(29(33)39)34-31(41)26(18-22-8-4-2-5-9-22)36-30(40)25-14-12-24(13-15-25)20-37-17-16-28(38)35-27(32(37)42)19-23-10-6-3-7-11-23/h2-15,21,26-27H,16-20H2,1H3,(H2,33,39)(H,34,41)(H,35,38)(H,36,40)/t21-,26-,27-/m0/s1. The van der Waals surface area contributed by atoms with Gasteiger partial charge in [-0.3, -0.25) is 24.0 Å². The lowest BCUT2D eigenvalue weighted by Crippen LogP contribution is -2.52. The average molecular weight is 570 g/mol. The highest BCUT2D eigenvalue weighted by Crippen LogP contribution is 2.15. The molecule has 0 aromatic heterocycles. The number of nitrogens with two attached hydrogens (primary N) is 1. The van der Waals surface area contributed by atoms with Gasteiger partial charge in [-0.1, -0.05) is 72.8 Å². The van der Waals surface area contributed by atoms with Crippen LogP contribution in [-0.2, 0) is 38.6 Å². The van der Waals surface area contributed by atoms with Crippen molar-refractivity contribution in [3.8, 4) is 0 Å². The van der Waals surface area contributed by atoms with Crippen LogP contribution in [0.1, 0.15) is 40.4 Å². The van der Waals surface area contributed by atoms with Crippen LogP contribution in [0.15, 0.2) is 84.9 Å². The molecule has 5 amide bonds. The molecular formula is C32H35N5O5. The first-order valence-corrected chi connectivity index (χ1v) is 13.8. The number of rotatable bonds is 11. The molecule has 5 N–H and O–H groups in total. The molecule has 0 unspecified atom stereocenters. The van der Waals surface area contributed by atoms with Crippen LogP contribution in [-0.4, -0.2) is 59.1 Å². The average Bonchev–Trinajstić information content (AvgIpc) is 3.11. The first kappa shape index (κ1) is 30.0. The Morgan fingerprint density at radius 2 is 1.50 bits per heavy atom. The number of primary amides is 1. The Labute approximate surface area is 244 Å². The maximum absolute atomic E-state index is 13.3. The van der Waals surface area contributed by atoms with Gasteiger partial charge in [0, 0.05) is 37.9 Å². The molecule has 42 heavy (non-hydrogen) atoms. The molecule has 0 aliphatic carbocycles. The molecule has 0 spiro atoms. The van der Waals surface area contributed by atoms with Gasteiger partial charge in [-0.25, -0.2) is 0 Å². The third-order valence-electron chi connectivity index (χ3n) is 7.12. The van der Waals surface area contributed by atoms with Crippen molar-refractivity contribution in [2.24, 2.45) is 5.73 Å². The predicted octanol–water partition coefficient (Wildman–Crippen LogP) is 1.48. The minimum atomic E-state index is -0.942. The van der Waals surface area contributed by atoms with Crippen molar-refractivity contribution in [2.75, 3.05) is 6.54 Å². The molecule has 3 aromatic rings. The van der Waals surface area contributed by atoms with Gasteiger partial charge in [-0.2, -0.15) is 0 Å². The minimum Gasteiger partial charge on any atom is -0.368 e. The molecule has 10 nitrogen and oxygen atoms in total. The second-order valence-corrected chi connectivity index (χ2v) is 10.4. The zero-order valence-electron chi connectivity index (χ0n) is 23.4. The van der Waals surface area contributed by atoms with Gasteiger partial charge in [0.25, 0.3) is 5.91 Å². The van der Waals surface area contributed by atoms with Crippen LogP contribution in [0, 0.1) is 0 Å². The van der Waals surface area contributed by atoms with Gasteiger partial charge in [0.15, 0.2) is 0 Å². The fourth-order valence-corrected chi connectivity index (χ4v) is 4.71. The summed E-state index contributed by atoms with van der Waals surface area (Å²) in [6.45, 7) is 2.05. The number of carbonyl (C=O) groups excluding carboxylic acids is 5. The Kier molecular flexibility index (Phi) is 10.0. The summed E-state index contributed by atoms with van der Waals surface area (Å²) in [7, 11) is 0. The van der Waals surface area contributed by atoms with Crippen LogP contribution in [0.5, 0.6) is 0 Å². The molecule has 3 aromatic carbocycles. The SMILES string of the molecule is C[C@H](NC(=O)[C@H](Cc1ccccc1)NC(=O)c1ccc(CN2CCC(=O)N[C@@H](Cc3ccccc3)C2=O)cc1)C(N)=O. The summed E-state index contributed by atoms with van der Waals surface area (Å²) < 4.78 is 0. The van der Waals surface area contributed by atoms with Crippen molar-refractivity contribution in [3.63, 3.8) is 0 Å². The minimum absolute atomic E-state index is 0.161. The highest BCUT2D eigenvalue weighted by Gasteiger charge is 2.30. The number of hydrogen-bond donors (Lipinski definition) is 4. The van der Waals surface area contributed by atoms with Gasteiger partial charge in [0.05, 0.1) is 0 Å². The Morgan fingerprint density at radius 3 is 2.12 bits per heavy atom. The topological polar surface area (TPSA) is 151 Å². The van der Waals surface area contributed by atoms with Crippen molar-refractivity contribution in [2.45, 2.75) is 50.9 Å². The molecule has 1 aliphatic rings. The molecule has 0 saturated carbocycles. The fourth-order valence-electron chi connectivity index (χ4n) is 4.71. The maximum Gasteiger partial charge on any atom is 0.251 e. The van der Waals surface area contributed by atoms with Gasteiger partial charge in [0.1, 0.15) is 18.1 Å². The van der Waals surface area contributed by atoms with E-state index in [1.807, 2.05) is 60.7 Å². The van der Waals surface area contributed by atoms with Gasteiger partial charge in [0.2, 0.25) is 23.6 Å². The summed E-state index contributed by atoms with van der Waals surface area (Å²) in [6, 6.07) is 23.0. The van der Waals surface area contributed by atoms with E-state index in [2.05, 4.69) is 16.0 Å². The summed E-state index contributed by atoms with van der Waals surface area (Å²) in [5.74, 6) is -2.00. The van der Waals surface area contributed by atoms with Crippen LogP contribution >= 0.6 is 0 Å². The number of nitrogens with zero attached hydrogens (tertiary/aromatic N) is 1. The monoisotopic (exact) mass is 569 g/mol. The van der Waals surface area contributed by atoms with Crippen LogP contribution in [0.3, 0.4) is 0 Å². The molecular weight excluding hydrogens is 534 g/mol. The van der Waals surface area contributed by atoms with E-state index in [0.717, 1.165) is 16.7 Å². The predicted molar refractivity (Wildman–Crippen MR) is 157 cm³/mol. The van der Waals surface area contributed by atoms with E-state index in [1.165, 1.54) is 6.92 Å². The van der Waals surface area contributed by atoms with E-state index < -0.39 is 35.8 Å². The molecule has 3 atom stereocenters. The van der Waals surface area contributed by atoms with Crippen LogP contribution in [0.4, 0.5) is 0 Å². The lowest BCUT2D eigenvalue weighted by Gasteiger charge is -2.24. The Morgan fingerprint density at radius 1 is 0.881 bits per heavy atom. The Balaban J connectivity index is 1.42. The molecule has 1 saturated heterocycles. The lowest BCUT2D eigenvalue weighted by atomic mass is 10.0. The third kappa shape index (κ3) is 8.26. The summed E-state index contributed by atoms with van der Waals surface area (Å²) in [4.78, 5) is 64.8. The van der Waals surface area contributed by atoms with Gasteiger partial charge in [-0.05, 0) is 35.7 Å². The second-order valence-electron chi connectivity index (χ2n) is 10.4. The highest BCUT2D eigenvalue weighted by molar-refractivity contribution is 5.98. The van der Waals surface area contributed by atoms with E-state index >= 15 is 0 Å². The third-order valence-corrected chi connectivity index (χ3v) is 7.12. The summed E-state index contributed by atoms with van der Waals surface area (Å²) >= 11 is 0. The van der Waals surface area contributed by atoms with Gasteiger partial charge >= 0.3 is 0 Å². The second kappa shape index (κ2) is 14.1. The zero-order valence-corrected chi connectivity index (χ0v) is 23.4. The maximum atomic E-state index is 13.3. The number of nitrogens with one attached hydrogen (secondary N) is 3. The van der Waals surface area contributed by atoms with Gasteiger partial charge in [-0.15, -0.1) is 0 Å². The number of carbonyl (C=O) groups is 5. The number of benzene rings is 3. The van der Waals surface area contributed by atoms with Gasteiger partial charge < -0.3 is 26.6 Å². The first-order valence-electron chi connectivity index (χ1n) is 13.8. The molecule has 4 rings (SSSR count).